The van der Waals surface area contributed by atoms with Crippen LogP contribution >= 0.6 is 12.2 Å². The predicted molar refractivity (Wildman–Crippen MR) is 152 cm³/mol. The molecule has 8 heteroatoms. The van der Waals surface area contributed by atoms with Crippen molar-refractivity contribution in [2.45, 2.75) is 39.3 Å². The maximum absolute atomic E-state index is 13.6. The van der Waals surface area contributed by atoms with Crippen molar-refractivity contribution in [3.63, 3.8) is 0 Å². The number of nitrogens with one attached hydrogen (secondary N) is 2. The Morgan fingerprint density at radius 1 is 1.05 bits per heavy atom. The number of aromatic nitrogens is 2. The molecule has 0 spiro atoms. The minimum absolute atomic E-state index is 0.0704. The van der Waals surface area contributed by atoms with Gasteiger partial charge in [0, 0.05) is 41.9 Å². The maximum atomic E-state index is 13.6. The molecule has 2 aromatic heterocycles. The van der Waals surface area contributed by atoms with Crippen molar-refractivity contribution in [2.24, 2.45) is 0 Å². The van der Waals surface area contributed by atoms with Crippen LogP contribution in [-0.2, 0) is 4.79 Å². The molecule has 2 atom stereocenters. The van der Waals surface area contributed by atoms with E-state index in [0.717, 1.165) is 39.6 Å². The lowest BCUT2D eigenvalue weighted by atomic mass is 9.96. The molecule has 1 aliphatic heterocycles. The highest BCUT2D eigenvalue weighted by atomic mass is 32.1. The number of rotatable bonds is 7. The van der Waals surface area contributed by atoms with Gasteiger partial charge in [-0.1, -0.05) is 24.3 Å². The Morgan fingerprint density at radius 3 is 2.50 bits per heavy atom. The zero-order chi connectivity index (χ0) is 26.8. The number of hydrogen-bond acceptors (Lipinski definition) is 3. The van der Waals surface area contributed by atoms with Crippen molar-refractivity contribution in [2.75, 3.05) is 11.9 Å². The molecular weight excluding hydrogens is 497 g/mol. The molecule has 1 saturated heterocycles. The molecule has 4 aromatic rings. The molecule has 0 unspecified atom stereocenters. The molecule has 194 valence electrons. The van der Waals surface area contributed by atoms with Crippen molar-refractivity contribution in [3.8, 4) is 5.69 Å². The molecule has 2 aromatic carbocycles. The first kappa shape index (κ1) is 25.6. The molecular formula is C30H30FN5OS. The van der Waals surface area contributed by atoms with Gasteiger partial charge in [0.15, 0.2) is 5.11 Å². The Labute approximate surface area is 227 Å². The average molecular weight is 528 g/mol. The summed E-state index contributed by atoms with van der Waals surface area (Å²) in [4.78, 5) is 19.6. The second-order valence-corrected chi connectivity index (χ2v) is 9.96. The number of pyridine rings is 1. The van der Waals surface area contributed by atoms with Gasteiger partial charge in [-0.3, -0.25) is 9.78 Å². The quantitative estimate of drug-likeness (QED) is 0.292. The number of benzene rings is 2. The summed E-state index contributed by atoms with van der Waals surface area (Å²) in [7, 11) is 0. The zero-order valence-electron chi connectivity index (χ0n) is 21.6. The van der Waals surface area contributed by atoms with Crippen LogP contribution in [0.4, 0.5) is 10.1 Å². The predicted octanol–water partition coefficient (Wildman–Crippen LogP) is 5.94. The van der Waals surface area contributed by atoms with Crippen LogP contribution in [0.5, 0.6) is 0 Å². The van der Waals surface area contributed by atoms with E-state index < -0.39 is 0 Å². The molecule has 0 aliphatic carbocycles. The van der Waals surface area contributed by atoms with Crippen LogP contribution in [0.15, 0.2) is 79.0 Å². The van der Waals surface area contributed by atoms with E-state index in [2.05, 4.69) is 38.1 Å². The van der Waals surface area contributed by atoms with Gasteiger partial charge in [-0.25, -0.2) is 4.39 Å². The number of hydrogen-bond donors (Lipinski definition) is 2. The molecule has 1 fully saturated rings. The third-order valence-corrected chi connectivity index (χ3v) is 7.42. The fraction of sp³-hybridized carbons (Fsp3) is 0.233. The maximum Gasteiger partial charge on any atom is 0.226 e. The Balaban J connectivity index is 1.47. The molecule has 1 aliphatic rings. The SMILES string of the molecule is Cc1ccccc1NC(=O)CCN1C(=S)N[C@H](c2ccccn2)[C@@H]1c1cc(C)n(-c2ccc(F)cc2)c1C. The second kappa shape index (κ2) is 10.8. The summed E-state index contributed by atoms with van der Waals surface area (Å²) in [6.07, 6.45) is 2.05. The topological polar surface area (TPSA) is 62.2 Å². The molecule has 0 radical (unpaired) electrons. The van der Waals surface area contributed by atoms with Crippen LogP contribution < -0.4 is 10.6 Å². The van der Waals surface area contributed by atoms with Crippen molar-refractivity contribution in [1.29, 1.82) is 0 Å². The number of amides is 1. The van der Waals surface area contributed by atoms with E-state index in [9.17, 15) is 9.18 Å². The smallest absolute Gasteiger partial charge is 0.226 e. The first-order chi connectivity index (χ1) is 18.3. The van der Waals surface area contributed by atoms with Gasteiger partial charge in [-0.15, -0.1) is 0 Å². The standard InChI is InChI=1S/C30H30FN5OS/c1-19-8-4-5-9-25(19)33-27(37)15-17-35-29(28(34-30(35)38)26-10-6-7-16-32-26)24-18-20(2)36(21(24)3)23-13-11-22(31)12-14-23/h4-14,16,18,28-29H,15,17H2,1-3H3,(H,33,37)(H,34,38)/t28-,29+/m1/s1. The van der Waals surface area contributed by atoms with Gasteiger partial charge in [0.25, 0.3) is 0 Å². The number of para-hydroxylation sites is 1. The van der Waals surface area contributed by atoms with Crippen LogP contribution in [0.3, 0.4) is 0 Å². The van der Waals surface area contributed by atoms with E-state index in [4.69, 9.17) is 12.2 Å². The fourth-order valence-corrected chi connectivity index (χ4v) is 5.54. The van der Waals surface area contributed by atoms with Crippen molar-refractivity contribution in [1.82, 2.24) is 19.8 Å². The van der Waals surface area contributed by atoms with Gasteiger partial charge in [0.1, 0.15) is 5.82 Å². The van der Waals surface area contributed by atoms with Gasteiger partial charge < -0.3 is 20.1 Å². The van der Waals surface area contributed by atoms with E-state index in [1.54, 1.807) is 18.3 Å². The Morgan fingerprint density at radius 2 is 1.79 bits per heavy atom. The summed E-state index contributed by atoms with van der Waals surface area (Å²) >= 11 is 5.79. The molecule has 3 heterocycles. The summed E-state index contributed by atoms with van der Waals surface area (Å²) in [5.74, 6) is -0.342. The van der Waals surface area contributed by atoms with E-state index in [1.807, 2.05) is 56.3 Å². The van der Waals surface area contributed by atoms with Crippen LogP contribution in [-0.4, -0.2) is 32.0 Å². The normalized spacial score (nSPS) is 16.9. The number of aryl methyl sites for hydroxylation is 2. The number of anilines is 1. The second-order valence-electron chi connectivity index (χ2n) is 9.57. The number of carbonyl (C=O) groups is 1. The fourth-order valence-electron chi connectivity index (χ4n) is 5.21. The molecule has 1 amide bonds. The third-order valence-electron chi connectivity index (χ3n) is 7.07. The minimum atomic E-state index is -0.271. The first-order valence-electron chi connectivity index (χ1n) is 12.6. The number of halogens is 1. The van der Waals surface area contributed by atoms with Gasteiger partial charge in [0.05, 0.1) is 17.8 Å². The average Bonchev–Trinajstić information content (AvgIpc) is 3.39. The zero-order valence-corrected chi connectivity index (χ0v) is 22.4. The third kappa shape index (κ3) is 5.04. The first-order valence-corrected chi connectivity index (χ1v) is 13.0. The lowest BCUT2D eigenvalue weighted by molar-refractivity contribution is -0.116. The summed E-state index contributed by atoms with van der Waals surface area (Å²) in [6, 6.07) is 21.8. The number of carbonyl (C=O) groups excluding carboxylic acids is 1. The monoisotopic (exact) mass is 527 g/mol. The number of thiocarbonyl (C=S) groups is 1. The van der Waals surface area contributed by atoms with Gasteiger partial charge in [-0.05, 0) is 92.6 Å². The Bertz CT molecular complexity index is 1470. The van der Waals surface area contributed by atoms with Crippen molar-refractivity contribution in [3.05, 3.63) is 113 Å². The molecule has 0 bridgehead atoms. The van der Waals surface area contributed by atoms with Gasteiger partial charge in [0.2, 0.25) is 5.91 Å². The van der Waals surface area contributed by atoms with E-state index in [0.29, 0.717) is 11.7 Å². The van der Waals surface area contributed by atoms with E-state index in [1.165, 1.54) is 12.1 Å². The summed E-state index contributed by atoms with van der Waals surface area (Å²) in [5.41, 5.74) is 6.72. The van der Waals surface area contributed by atoms with Crippen LogP contribution in [0.2, 0.25) is 0 Å². The largest absolute Gasteiger partial charge is 0.352 e. The lowest BCUT2D eigenvalue weighted by Crippen LogP contribution is -2.33. The van der Waals surface area contributed by atoms with E-state index >= 15 is 0 Å². The molecule has 2 N–H and O–H groups in total. The molecule has 6 nitrogen and oxygen atoms in total. The van der Waals surface area contributed by atoms with Gasteiger partial charge >= 0.3 is 0 Å². The molecule has 0 saturated carbocycles. The Hall–Kier alpha value is -4.04. The van der Waals surface area contributed by atoms with Crippen molar-refractivity contribution >= 4 is 28.9 Å². The molecule has 5 rings (SSSR count). The summed E-state index contributed by atoms with van der Waals surface area (Å²) < 4.78 is 15.7. The molecule has 38 heavy (non-hydrogen) atoms. The number of nitrogens with zero attached hydrogens (tertiary/aromatic N) is 3. The minimum Gasteiger partial charge on any atom is -0.352 e. The van der Waals surface area contributed by atoms with Crippen LogP contribution in [0, 0.1) is 26.6 Å². The van der Waals surface area contributed by atoms with E-state index in [-0.39, 0.29) is 30.2 Å². The summed E-state index contributed by atoms with van der Waals surface area (Å²) in [5, 5.41) is 7.06. The van der Waals surface area contributed by atoms with Crippen molar-refractivity contribution < 1.29 is 9.18 Å². The van der Waals surface area contributed by atoms with Gasteiger partial charge in [-0.2, -0.15) is 0 Å². The highest BCUT2D eigenvalue weighted by molar-refractivity contribution is 7.80. The summed E-state index contributed by atoms with van der Waals surface area (Å²) in [6.45, 7) is 6.51. The Kier molecular flexibility index (Phi) is 7.24. The highest BCUT2D eigenvalue weighted by Crippen LogP contribution is 2.41. The van der Waals surface area contributed by atoms with Crippen LogP contribution in [0.25, 0.3) is 5.69 Å². The highest BCUT2D eigenvalue weighted by Gasteiger charge is 2.41. The lowest BCUT2D eigenvalue weighted by Gasteiger charge is -2.28. The van der Waals surface area contributed by atoms with Crippen LogP contribution in [0.1, 0.15) is 46.7 Å².